The van der Waals surface area contributed by atoms with E-state index < -0.39 is 31.6 Å². The Bertz CT molecular complexity index is 2660. The van der Waals surface area contributed by atoms with E-state index in [0.717, 1.165) is 69.9 Å². The Balaban J connectivity index is 1.34. The topological polar surface area (TPSA) is 154 Å². The molecule has 5 aromatic rings. The third kappa shape index (κ3) is 17.3. The minimum atomic E-state index is -1.26. The number of para-hydroxylation sites is 1. The van der Waals surface area contributed by atoms with E-state index in [1.165, 1.54) is 35.5 Å². The Morgan fingerprint density at radius 1 is 0.986 bits per heavy atom. The van der Waals surface area contributed by atoms with Gasteiger partial charge >= 0.3 is 12.1 Å². The Kier molecular flexibility index (Phi) is 20.5. The van der Waals surface area contributed by atoms with Gasteiger partial charge < -0.3 is 38.3 Å². The second kappa shape index (κ2) is 25.8. The number of thiazole rings is 2. The molecular formula is C51H72FN8O7S2Si+. The third-order valence-electron chi connectivity index (χ3n) is 11.1. The maximum Gasteiger partial charge on any atom is 0.410 e. The summed E-state index contributed by atoms with van der Waals surface area (Å²) in [6, 6.07) is 15.7. The molecule has 0 saturated heterocycles. The SMILES string of the molecule is COC(=O)c1nc(N(CCCCC[N+](C)(C)CCCO)c2cc(C)c(N=c3sc4ccccc4n3COCC[Si](C)(C)C)nn2)sc1CCCOc1ccc(C#CCN(C)C(=O)OC(C)(C)C)cc1F. The number of hydrogen-bond donors (Lipinski definition) is 1. The van der Waals surface area contributed by atoms with Gasteiger partial charge in [-0.2, -0.15) is 4.99 Å². The monoisotopic (exact) mass is 1020 g/mol. The largest absolute Gasteiger partial charge is 0.491 e. The molecular weight excluding hydrogens is 948 g/mol. The van der Waals surface area contributed by atoms with Crippen molar-refractivity contribution in [3.05, 3.63) is 80.8 Å². The van der Waals surface area contributed by atoms with Gasteiger partial charge in [-0.3, -0.25) is 4.57 Å². The molecule has 3 aromatic heterocycles. The van der Waals surface area contributed by atoms with Gasteiger partial charge in [-0.05, 0) is 108 Å². The first-order valence-corrected chi connectivity index (χ1v) is 29.2. The van der Waals surface area contributed by atoms with Crippen molar-refractivity contribution in [2.75, 3.05) is 79.2 Å². The number of unbranched alkanes of at least 4 members (excludes halogenated alkanes) is 2. The summed E-state index contributed by atoms with van der Waals surface area (Å²) in [7, 11) is 6.03. The molecule has 19 heteroatoms. The lowest BCUT2D eigenvalue weighted by atomic mass is 10.2. The number of aliphatic hydroxyl groups is 1. The number of anilines is 2. The molecule has 0 atom stereocenters. The number of aromatic nitrogens is 4. The Hall–Kier alpha value is -5.23. The van der Waals surface area contributed by atoms with E-state index in [4.69, 9.17) is 34.0 Å². The van der Waals surface area contributed by atoms with Crippen LogP contribution < -0.4 is 14.4 Å². The number of carbonyl (C=O) groups is 2. The second-order valence-corrected chi connectivity index (χ2v) is 27.8. The van der Waals surface area contributed by atoms with E-state index in [2.05, 4.69) is 67.4 Å². The second-order valence-electron chi connectivity index (χ2n) is 20.1. The number of esters is 1. The molecule has 0 aliphatic heterocycles. The number of aryl methyl sites for hydroxylation is 2. The predicted octanol–water partition coefficient (Wildman–Crippen LogP) is 9.73. The molecule has 3 heterocycles. The number of quaternary nitrogens is 1. The van der Waals surface area contributed by atoms with E-state index in [0.29, 0.717) is 59.9 Å². The molecule has 1 N–H and O–H groups in total. The quantitative estimate of drug-likeness (QED) is 0.0207. The molecule has 2 aromatic carbocycles. The first-order valence-electron chi connectivity index (χ1n) is 23.9. The van der Waals surface area contributed by atoms with Gasteiger partial charge in [0.1, 0.15) is 12.3 Å². The molecule has 0 aliphatic carbocycles. The number of amides is 1. The molecule has 0 unspecified atom stereocenters. The van der Waals surface area contributed by atoms with Crippen molar-refractivity contribution >= 4 is 69.8 Å². The summed E-state index contributed by atoms with van der Waals surface area (Å²) in [6.07, 6.45) is 3.91. The number of rotatable bonds is 24. The van der Waals surface area contributed by atoms with Crippen LogP contribution in [0, 0.1) is 24.6 Å². The standard InChI is InChI=1S/C51H72FN8O7S2Si/c1-37-34-44(55-56-46(37)54-49-59(36-65-32-33-70(9,10)11)40-21-13-14-22-42(40)68-49)58(27-15-12-16-28-60(6,7)29-19-30-61)48-53-45(47(62)64-8)43(69-48)23-18-31-66-41-25-24-38(35-39(41)52)20-17-26-57(5)50(63)67-51(2,3)4/h13-14,21-22,24-25,34-35,61H,12,15-16,18-19,23,26-33,36H2,1-11H3/q+1. The summed E-state index contributed by atoms with van der Waals surface area (Å²) < 4.78 is 41.8. The molecule has 0 radical (unpaired) electrons. The van der Waals surface area contributed by atoms with E-state index in [9.17, 15) is 14.7 Å². The van der Waals surface area contributed by atoms with Gasteiger partial charge in [0, 0.05) is 51.7 Å². The number of benzene rings is 2. The fourth-order valence-corrected chi connectivity index (χ4v) is 10.0. The smallest absolute Gasteiger partial charge is 0.410 e. The maximum absolute atomic E-state index is 15.2. The summed E-state index contributed by atoms with van der Waals surface area (Å²) in [5, 5.41) is 19.4. The average Bonchev–Trinajstić information content (AvgIpc) is 3.88. The normalized spacial score (nSPS) is 12.2. The van der Waals surface area contributed by atoms with Crippen LogP contribution in [0.2, 0.25) is 25.7 Å². The van der Waals surface area contributed by atoms with Crippen molar-refractivity contribution in [1.29, 1.82) is 0 Å². The van der Waals surface area contributed by atoms with Crippen LogP contribution >= 0.6 is 22.7 Å². The van der Waals surface area contributed by atoms with E-state index in [1.807, 2.05) is 30.0 Å². The third-order valence-corrected chi connectivity index (χ3v) is 15.0. The highest BCUT2D eigenvalue weighted by Gasteiger charge is 2.25. The lowest BCUT2D eigenvalue weighted by Crippen LogP contribution is -2.41. The van der Waals surface area contributed by atoms with Crippen LogP contribution in [0.1, 0.15) is 79.4 Å². The number of ether oxygens (including phenoxy) is 4. The zero-order valence-corrected chi connectivity index (χ0v) is 45.5. The van der Waals surface area contributed by atoms with Crippen LogP contribution in [0.3, 0.4) is 0 Å². The number of fused-ring (bicyclic) bond motifs is 1. The van der Waals surface area contributed by atoms with Gasteiger partial charge in [0.25, 0.3) is 0 Å². The average molecular weight is 1020 g/mol. The molecule has 0 bridgehead atoms. The predicted molar refractivity (Wildman–Crippen MR) is 280 cm³/mol. The highest BCUT2D eigenvalue weighted by molar-refractivity contribution is 7.16. The van der Waals surface area contributed by atoms with Gasteiger partial charge in [-0.15, -0.1) is 21.5 Å². The highest BCUT2D eigenvalue weighted by atomic mass is 32.1. The van der Waals surface area contributed by atoms with Crippen molar-refractivity contribution in [1.82, 2.24) is 24.6 Å². The van der Waals surface area contributed by atoms with Crippen LogP contribution in [-0.2, 0) is 27.4 Å². The number of nitrogens with zero attached hydrogens (tertiary/aromatic N) is 8. The minimum absolute atomic E-state index is 0.0773. The summed E-state index contributed by atoms with van der Waals surface area (Å²) in [5.41, 5.74) is 1.89. The number of halogens is 1. The van der Waals surface area contributed by atoms with E-state index >= 15 is 4.39 Å². The van der Waals surface area contributed by atoms with Crippen LogP contribution in [0.25, 0.3) is 10.2 Å². The first-order chi connectivity index (χ1) is 33.2. The molecule has 1 amide bonds. The summed E-state index contributed by atoms with van der Waals surface area (Å²) in [5.74, 6) is 5.79. The van der Waals surface area contributed by atoms with Crippen molar-refractivity contribution in [3.63, 3.8) is 0 Å². The summed E-state index contributed by atoms with van der Waals surface area (Å²) in [4.78, 5) is 40.2. The molecule has 380 valence electrons. The van der Waals surface area contributed by atoms with Crippen molar-refractivity contribution in [3.8, 4) is 17.6 Å². The minimum Gasteiger partial charge on any atom is -0.491 e. The zero-order valence-electron chi connectivity index (χ0n) is 42.9. The molecule has 0 fully saturated rings. The molecule has 0 saturated carbocycles. The van der Waals surface area contributed by atoms with E-state index in [-0.39, 0.29) is 31.2 Å². The molecule has 15 nitrogen and oxygen atoms in total. The zero-order chi connectivity index (χ0) is 51.1. The first kappa shape index (κ1) is 55.7. The number of methoxy groups -OCH3 is 1. The van der Waals surface area contributed by atoms with Gasteiger partial charge in [-0.25, -0.2) is 19.0 Å². The summed E-state index contributed by atoms with van der Waals surface area (Å²) >= 11 is 2.96. The molecule has 0 aliphatic rings. The highest BCUT2D eigenvalue weighted by Crippen LogP contribution is 2.34. The molecule has 70 heavy (non-hydrogen) atoms. The van der Waals surface area contributed by atoms with Crippen molar-refractivity contribution in [2.24, 2.45) is 4.99 Å². The van der Waals surface area contributed by atoms with Gasteiger partial charge in [0.15, 0.2) is 38.8 Å². The summed E-state index contributed by atoms with van der Waals surface area (Å²) in [6.45, 7) is 18.3. The number of carbonyl (C=O) groups excluding carboxylic acids is 2. The molecule has 5 rings (SSSR count). The van der Waals surface area contributed by atoms with Gasteiger partial charge in [-0.1, -0.05) is 55.0 Å². The van der Waals surface area contributed by atoms with Crippen LogP contribution in [0.5, 0.6) is 5.75 Å². The number of aliphatic hydroxyl groups excluding tert-OH is 1. The fraction of sp³-hybridized carbons (Fsp3) is 0.529. The van der Waals surface area contributed by atoms with Gasteiger partial charge in [0.05, 0.1) is 57.7 Å². The van der Waals surface area contributed by atoms with Crippen molar-refractivity contribution in [2.45, 2.75) is 104 Å². The Morgan fingerprint density at radius 2 is 1.74 bits per heavy atom. The van der Waals surface area contributed by atoms with Crippen LogP contribution in [-0.4, -0.2) is 134 Å². The maximum atomic E-state index is 15.2. The van der Waals surface area contributed by atoms with Gasteiger partial charge in [0.2, 0.25) is 0 Å². The Morgan fingerprint density at radius 3 is 2.44 bits per heavy atom. The molecule has 0 spiro atoms. The van der Waals surface area contributed by atoms with Crippen molar-refractivity contribution < 1.29 is 42.5 Å². The number of hydrogen-bond acceptors (Lipinski definition) is 14. The fourth-order valence-electron chi connectivity index (χ4n) is 7.12. The van der Waals surface area contributed by atoms with Crippen LogP contribution in [0.4, 0.5) is 26.0 Å². The van der Waals surface area contributed by atoms with E-state index in [1.54, 1.807) is 45.2 Å². The van der Waals surface area contributed by atoms with Crippen LogP contribution in [0.15, 0.2) is 53.5 Å². The lowest BCUT2D eigenvalue weighted by molar-refractivity contribution is -0.890. The lowest BCUT2D eigenvalue weighted by Gasteiger charge is -2.29. The Labute approximate surface area is 421 Å².